The summed E-state index contributed by atoms with van der Waals surface area (Å²) in [7, 11) is 3.56. The largest absolute Gasteiger partial charge is 0.497 e. The molecule has 1 aliphatic heterocycles. The maximum atomic E-state index is 11.0. The van der Waals surface area contributed by atoms with Crippen LogP contribution in [0, 0.1) is 10.1 Å². The van der Waals surface area contributed by atoms with E-state index >= 15 is 0 Å². The van der Waals surface area contributed by atoms with Crippen LogP contribution >= 0.6 is 0 Å². The minimum absolute atomic E-state index is 0.0274. The quantitative estimate of drug-likeness (QED) is 0.648. The topological polar surface area (TPSA) is 76.9 Å². The van der Waals surface area contributed by atoms with E-state index in [1.807, 2.05) is 7.05 Å². The van der Waals surface area contributed by atoms with Gasteiger partial charge in [-0.15, -0.1) is 0 Å². The lowest BCUT2D eigenvalue weighted by atomic mass is 10.2. The first-order chi connectivity index (χ1) is 9.60. The number of benzene rings is 1. The highest BCUT2D eigenvalue weighted by Crippen LogP contribution is 2.28. The normalized spacial score (nSPS) is 19.6. The molecule has 1 aromatic carbocycles. The van der Waals surface area contributed by atoms with E-state index in [4.69, 9.17) is 9.47 Å². The minimum atomic E-state index is -0.407. The molecule has 0 saturated carbocycles. The van der Waals surface area contributed by atoms with Crippen LogP contribution in [0.15, 0.2) is 18.2 Å². The second-order valence-electron chi connectivity index (χ2n) is 4.78. The molecular formula is C13H19N3O4. The van der Waals surface area contributed by atoms with Crippen molar-refractivity contribution in [3.63, 3.8) is 0 Å². The van der Waals surface area contributed by atoms with Gasteiger partial charge in [0.15, 0.2) is 0 Å². The number of nitrogens with zero attached hydrogens (tertiary/aromatic N) is 2. The zero-order valence-corrected chi connectivity index (χ0v) is 11.7. The lowest BCUT2D eigenvalue weighted by Crippen LogP contribution is -2.43. The fourth-order valence-electron chi connectivity index (χ4n) is 2.16. The maximum Gasteiger partial charge on any atom is 0.292 e. The molecule has 1 N–H and O–H groups in total. The molecule has 110 valence electrons. The minimum Gasteiger partial charge on any atom is -0.497 e. The molecule has 1 fully saturated rings. The van der Waals surface area contributed by atoms with Crippen LogP contribution in [0.1, 0.15) is 0 Å². The van der Waals surface area contributed by atoms with E-state index < -0.39 is 4.92 Å². The summed E-state index contributed by atoms with van der Waals surface area (Å²) in [5.74, 6) is 0.583. The van der Waals surface area contributed by atoms with Crippen LogP contribution in [0.5, 0.6) is 5.75 Å². The molecule has 1 aromatic rings. The fraction of sp³-hybridized carbons (Fsp3) is 0.538. The van der Waals surface area contributed by atoms with Crippen LogP contribution in [0.2, 0.25) is 0 Å². The van der Waals surface area contributed by atoms with Crippen molar-refractivity contribution in [2.24, 2.45) is 0 Å². The second kappa shape index (κ2) is 6.53. The zero-order valence-electron chi connectivity index (χ0n) is 11.7. The molecule has 0 spiro atoms. The lowest BCUT2D eigenvalue weighted by Gasteiger charge is -2.30. The number of nitro benzene ring substituents is 1. The Hall–Kier alpha value is -1.86. The molecule has 1 unspecified atom stereocenters. The van der Waals surface area contributed by atoms with Crippen molar-refractivity contribution in [3.8, 4) is 5.75 Å². The fourth-order valence-corrected chi connectivity index (χ4v) is 2.16. The van der Waals surface area contributed by atoms with Gasteiger partial charge >= 0.3 is 0 Å². The van der Waals surface area contributed by atoms with Crippen molar-refractivity contribution in [3.05, 3.63) is 28.3 Å². The smallest absolute Gasteiger partial charge is 0.292 e. The van der Waals surface area contributed by atoms with Crippen LogP contribution in [0.3, 0.4) is 0 Å². The number of hydrogen-bond donors (Lipinski definition) is 1. The number of nitrogens with one attached hydrogen (secondary N) is 1. The van der Waals surface area contributed by atoms with Crippen molar-refractivity contribution in [1.29, 1.82) is 0 Å². The summed E-state index contributed by atoms with van der Waals surface area (Å²) >= 11 is 0. The van der Waals surface area contributed by atoms with E-state index in [2.05, 4.69) is 10.2 Å². The SMILES string of the molecule is COc1ccc([N+](=O)[O-])c(NCC2CN(C)CCO2)c1. The number of hydrogen-bond acceptors (Lipinski definition) is 6. The predicted octanol–water partition coefficient (Wildman–Crippen LogP) is 1.35. The first-order valence-corrected chi connectivity index (χ1v) is 6.46. The summed E-state index contributed by atoms with van der Waals surface area (Å²) in [4.78, 5) is 12.8. The summed E-state index contributed by atoms with van der Waals surface area (Å²) in [6.07, 6.45) is 0.0274. The Morgan fingerprint density at radius 1 is 1.60 bits per heavy atom. The van der Waals surface area contributed by atoms with Gasteiger partial charge in [0, 0.05) is 31.8 Å². The molecule has 0 amide bonds. The molecule has 0 bridgehead atoms. The van der Waals surface area contributed by atoms with E-state index in [1.54, 1.807) is 12.1 Å². The molecular weight excluding hydrogens is 262 g/mol. The number of likely N-dealkylation sites (N-methyl/N-ethyl adjacent to an activating group) is 1. The number of morpholine rings is 1. The van der Waals surface area contributed by atoms with Crippen molar-refractivity contribution in [2.45, 2.75) is 6.10 Å². The Morgan fingerprint density at radius 2 is 2.40 bits per heavy atom. The van der Waals surface area contributed by atoms with Crippen LogP contribution < -0.4 is 10.1 Å². The molecule has 7 nitrogen and oxygen atoms in total. The van der Waals surface area contributed by atoms with Crippen molar-refractivity contribution in [2.75, 3.05) is 45.7 Å². The Labute approximate surface area is 117 Å². The summed E-state index contributed by atoms with van der Waals surface area (Å²) < 4.78 is 10.7. The highest BCUT2D eigenvalue weighted by atomic mass is 16.6. The molecule has 7 heteroatoms. The molecule has 0 aliphatic carbocycles. The van der Waals surface area contributed by atoms with Gasteiger partial charge in [-0.05, 0) is 13.1 Å². The number of ether oxygens (including phenoxy) is 2. The lowest BCUT2D eigenvalue weighted by molar-refractivity contribution is -0.384. The van der Waals surface area contributed by atoms with E-state index in [9.17, 15) is 10.1 Å². The Kier molecular flexibility index (Phi) is 4.75. The van der Waals surface area contributed by atoms with E-state index in [0.29, 0.717) is 24.6 Å². The van der Waals surface area contributed by atoms with E-state index in [1.165, 1.54) is 13.2 Å². The summed E-state index contributed by atoms with van der Waals surface area (Å²) in [6.45, 7) is 2.93. The molecule has 20 heavy (non-hydrogen) atoms. The summed E-state index contributed by atoms with van der Waals surface area (Å²) in [5, 5.41) is 14.1. The van der Waals surface area contributed by atoms with Crippen LogP contribution in [0.25, 0.3) is 0 Å². The Bertz CT molecular complexity index is 481. The third kappa shape index (κ3) is 3.58. The zero-order chi connectivity index (χ0) is 14.5. The maximum absolute atomic E-state index is 11.0. The highest BCUT2D eigenvalue weighted by Gasteiger charge is 2.20. The van der Waals surface area contributed by atoms with Gasteiger partial charge in [0.2, 0.25) is 0 Å². The van der Waals surface area contributed by atoms with Crippen LogP contribution in [0.4, 0.5) is 11.4 Å². The first-order valence-electron chi connectivity index (χ1n) is 6.46. The average Bonchev–Trinajstić information content (AvgIpc) is 2.44. The van der Waals surface area contributed by atoms with Gasteiger partial charge in [-0.1, -0.05) is 0 Å². The predicted molar refractivity (Wildman–Crippen MR) is 75.4 cm³/mol. The van der Waals surface area contributed by atoms with Crippen molar-refractivity contribution >= 4 is 11.4 Å². The molecule has 1 heterocycles. The number of rotatable bonds is 5. The number of nitro groups is 1. The molecule has 0 aromatic heterocycles. The molecule has 2 rings (SSSR count). The van der Waals surface area contributed by atoms with E-state index in [0.717, 1.165) is 13.1 Å². The van der Waals surface area contributed by atoms with Gasteiger partial charge in [-0.25, -0.2) is 0 Å². The molecule has 0 radical (unpaired) electrons. The highest BCUT2D eigenvalue weighted by molar-refractivity contribution is 5.64. The van der Waals surface area contributed by atoms with Gasteiger partial charge in [0.25, 0.3) is 5.69 Å². The summed E-state index contributed by atoms with van der Waals surface area (Å²) in [6, 6.07) is 4.65. The third-order valence-electron chi connectivity index (χ3n) is 3.26. The van der Waals surface area contributed by atoms with Gasteiger partial charge < -0.3 is 19.7 Å². The first kappa shape index (κ1) is 14.5. The standard InChI is InChI=1S/C13H19N3O4/c1-15-5-6-20-11(9-15)8-14-12-7-10(19-2)3-4-13(12)16(17)18/h3-4,7,11,14H,5-6,8-9H2,1-2H3. The Balaban J connectivity index is 2.05. The molecule has 1 saturated heterocycles. The average molecular weight is 281 g/mol. The Morgan fingerprint density at radius 3 is 3.05 bits per heavy atom. The van der Waals surface area contributed by atoms with E-state index in [-0.39, 0.29) is 11.8 Å². The second-order valence-corrected chi connectivity index (χ2v) is 4.78. The van der Waals surface area contributed by atoms with Crippen molar-refractivity contribution in [1.82, 2.24) is 4.90 Å². The monoisotopic (exact) mass is 281 g/mol. The number of methoxy groups -OCH3 is 1. The third-order valence-corrected chi connectivity index (χ3v) is 3.26. The van der Waals surface area contributed by atoms with Crippen molar-refractivity contribution < 1.29 is 14.4 Å². The van der Waals surface area contributed by atoms with Gasteiger partial charge in [-0.2, -0.15) is 0 Å². The van der Waals surface area contributed by atoms with Gasteiger partial charge in [0.05, 0.1) is 24.7 Å². The van der Waals surface area contributed by atoms with Gasteiger partial charge in [0.1, 0.15) is 11.4 Å². The van der Waals surface area contributed by atoms with Crippen LogP contribution in [-0.4, -0.2) is 56.3 Å². The molecule has 1 atom stereocenters. The molecule has 1 aliphatic rings. The summed E-state index contributed by atoms with van der Waals surface area (Å²) in [5.41, 5.74) is 0.487. The van der Waals surface area contributed by atoms with Crippen LogP contribution in [-0.2, 0) is 4.74 Å². The van der Waals surface area contributed by atoms with Gasteiger partial charge in [-0.3, -0.25) is 10.1 Å². The number of anilines is 1.